The zero-order valence-electron chi connectivity index (χ0n) is 10.4. The summed E-state index contributed by atoms with van der Waals surface area (Å²) in [4.78, 5) is 24.9. The maximum atomic E-state index is 12.1. The number of likely N-dealkylation sites (N-methyl/N-ethyl adjacent to an activating group) is 2. The molecule has 18 heavy (non-hydrogen) atoms. The van der Waals surface area contributed by atoms with Crippen molar-refractivity contribution >= 4 is 33.4 Å². The lowest BCUT2D eigenvalue weighted by Crippen LogP contribution is -2.38. The Bertz CT molecular complexity index is 463. The van der Waals surface area contributed by atoms with E-state index in [2.05, 4.69) is 21.2 Å². The Morgan fingerprint density at radius 2 is 2.11 bits per heavy atom. The van der Waals surface area contributed by atoms with E-state index in [0.717, 1.165) is 0 Å². The lowest BCUT2D eigenvalue weighted by Gasteiger charge is -2.17. The van der Waals surface area contributed by atoms with Crippen molar-refractivity contribution in [3.63, 3.8) is 0 Å². The number of carbonyl (C=O) groups excluding carboxylic acids is 2. The highest BCUT2D eigenvalue weighted by atomic mass is 79.9. The second-order valence-corrected chi connectivity index (χ2v) is 4.71. The Labute approximate surface area is 114 Å². The van der Waals surface area contributed by atoms with Crippen molar-refractivity contribution in [3.8, 4) is 0 Å². The van der Waals surface area contributed by atoms with E-state index in [1.165, 1.54) is 4.90 Å². The van der Waals surface area contributed by atoms with E-state index in [-0.39, 0.29) is 18.4 Å². The van der Waals surface area contributed by atoms with Gasteiger partial charge in [0.05, 0.1) is 12.1 Å². The highest BCUT2D eigenvalue weighted by molar-refractivity contribution is 9.10. The minimum atomic E-state index is -0.250. The second kappa shape index (κ2) is 6.39. The van der Waals surface area contributed by atoms with Crippen LogP contribution in [0.15, 0.2) is 22.7 Å². The fourth-order valence-corrected chi connectivity index (χ4v) is 1.87. The minimum Gasteiger partial charge on any atom is -0.399 e. The van der Waals surface area contributed by atoms with Gasteiger partial charge in [0.2, 0.25) is 5.91 Å². The molecule has 0 radical (unpaired) electrons. The molecule has 0 bridgehead atoms. The highest BCUT2D eigenvalue weighted by Gasteiger charge is 2.17. The monoisotopic (exact) mass is 313 g/mol. The van der Waals surface area contributed by atoms with E-state index in [1.807, 2.05) is 6.92 Å². The number of nitrogen functional groups attached to an aromatic ring is 1. The first-order chi connectivity index (χ1) is 8.45. The molecule has 0 aliphatic carbocycles. The zero-order chi connectivity index (χ0) is 13.7. The summed E-state index contributed by atoms with van der Waals surface area (Å²) in [7, 11) is 1.58. The number of rotatable bonds is 4. The molecule has 0 spiro atoms. The summed E-state index contributed by atoms with van der Waals surface area (Å²) in [5.41, 5.74) is 6.60. The summed E-state index contributed by atoms with van der Waals surface area (Å²) in [5, 5.41) is 2.64. The van der Waals surface area contributed by atoms with Crippen LogP contribution in [0, 0.1) is 0 Å². The van der Waals surface area contributed by atoms with Gasteiger partial charge in [-0.2, -0.15) is 0 Å². The van der Waals surface area contributed by atoms with Crippen molar-refractivity contribution in [1.29, 1.82) is 0 Å². The third-order valence-corrected chi connectivity index (χ3v) is 3.01. The number of benzene rings is 1. The first-order valence-corrected chi connectivity index (χ1v) is 6.32. The van der Waals surface area contributed by atoms with Crippen LogP contribution in [0.3, 0.4) is 0 Å². The fourth-order valence-electron chi connectivity index (χ4n) is 1.45. The third-order valence-electron chi connectivity index (χ3n) is 2.32. The molecule has 0 saturated heterocycles. The average Bonchev–Trinajstić information content (AvgIpc) is 2.31. The van der Waals surface area contributed by atoms with E-state index in [0.29, 0.717) is 22.3 Å². The summed E-state index contributed by atoms with van der Waals surface area (Å²) >= 11 is 3.29. The molecule has 2 amide bonds. The van der Waals surface area contributed by atoms with Gasteiger partial charge in [-0.15, -0.1) is 0 Å². The van der Waals surface area contributed by atoms with Gasteiger partial charge in [0.25, 0.3) is 5.91 Å². The van der Waals surface area contributed by atoms with Crippen LogP contribution in [-0.2, 0) is 4.79 Å². The first-order valence-electron chi connectivity index (χ1n) is 5.53. The molecule has 0 saturated carbocycles. The molecule has 1 rings (SSSR count). The molecule has 1 aromatic carbocycles. The minimum absolute atomic E-state index is 0.0217. The van der Waals surface area contributed by atoms with E-state index in [9.17, 15) is 9.59 Å². The van der Waals surface area contributed by atoms with Crippen LogP contribution in [0.1, 0.15) is 17.3 Å². The Morgan fingerprint density at radius 1 is 1.44 bits per heavy atom. The summed E-state index contributed by atoms with van der Waals surface area (Å²) in [6.45, 7) is 2.39. The van der Waals surface area contributed by atoms with E-state index in [1.54, 1.807) is 25.2 Å². The van der Waals surface area contributed by atoms with Crippen LogP contribution in [0.2, 0.25) is 0 Å². The SMILES string of the molecule is CCNC(=O)CN(C)C(=O)c1cc(N)ccc1Br. The maximum absolute atomic E-state index is 12.1. The highest BCUT2D eigenvalue weighted by Crippen LogP contribution is 2.20. The topological polar surface area (TPSA) is 75.4 Å². The van der Waals surface area contributed by atoms with Crippen LogP contribution in [-0.4, -0.2) is 36.9 Å². The molecular weight excluding hydrogens is 298 g/mol. The van der Waals surface area contributed by atoms with Gasteiger partial charge in [-0.3, -0.25) is 9.59 Å². The van der Waals surface area contributed by atoms with E-state index >= 15 is 0 Å². The standard InChI is InChI=1S/C12H16BrN3O2/c1-3-15-11(17)7-16(2)12(18)9-6-8(14)4-5-10(9)13/h4-6H,3,7,14H2,1-2H3,(H,15,17). The Morgan fingerprint density at radius 3 is 2.72 bits per heavy atom. The quantitative estimate of drug-likeness (QED) is 0.821. The molecule has 5 nitrogen and oxygen atoms in total. The predicted molar refractivity (Wildman–Crippen MR) is 74.2 cm³/mol. The fraction of sp³-hybridized carbons (Fsp3) is 0.333. The van der Waals surface area contributed by atoms with E-state index in [4.69, 9.17) is 5.73 Å². The number of nitrogens with one attached hydrogen (secondary N) is 1. The van der Waals surface area contributed by atoms with Crippen molar-refractivity contribution in [1.82, 2.24) is 10.2 Å². The van der Waals surface area contributed by atoms with Crippen molar-refractivity contribution in [3.05, 3.63) is 28.2 Å². The normalized spacial score (nSPS) is 9.94. The van der Waals surface area contributed by atoms with Crippen molar-refractivity contribution in [2.75, 3.05) is 25.9 Å². The number of carbonyl (C=O) groups is 2. The molecule has 0 aliphatic heterocycles. The van der Waals surface area contributed by atoms with Crippen molar-refractivity contribution in [2.45, 2.75) is 6.92 Å². The molecule has 0 aromatic heterocycles. The summed E-state index contributed by atoms with van der Waals surface area (Å²) in [5.74, 6) is -0.436. The Hall–Kier alpha value is -1.56. The van der Waals surface area contributed by atoms with Gasteiger partial charge in [-0.1, -0.05) is 0 Å². The van der Waals surface area contributed by atoms with Gasteiger partial charge in [-0.05, 0) is 41.1 Å². The van der Waals surface area contributed by atoms with Crippen molar-refractivity contribution in [2.24, 2.45) is 0 Å². The molecule has 6 heteroatoms. The lowest BCUT2D eigenvalue weighted by atomic mass is 10.2. The van der Waals surface area contributed by atoms with Crippen LogP contribution in [0.5, 0.6) is 0 Å². The first kappa shape index (κ1) is 14.5. The number of amides is 2. The Balaban J connectivity index is 2.80. The number of hydrogen-bond acceptors (Lipinski definition) is 3. The second-order valence-electron chi connectivity index (χ2n) is 3.85. The van der Waals surface area contributed by atoms with Gasteiger partial charge < -0.3 is 16.0 Å². The largest absolute Gasteiger partial charge is 0.399 e. The molecule has 98 valence electrons. The van der Waals surface area contributed by atoms with Crippen LogP contribution < -0.4 is 11.1 Å². The van der Waals surface area contributed by atoms with Gasteiger partial charge in [-0.25, -0.2) is 0 Å². The van der Waals surface area contributed by atoms with Crippen LogP contribution in [0.4, 0.5) is 5.69 Å². The molecule has 0 unspecified atom stereocenters. The Kier molecular flexibility index (Phi) is 5.15. The molecular formula is C12H16BrN3O2. The molecule has 0 atom stereocenters. The smallest absolute Gasteiger partial charge is 0.255 e. The number of halogens is 1. The molecule has 0 heterocycles. The molecule has 1 aromatic rings. The average molecular weight is 314 g/mol. The van der Waals surface area contributed by atoms with Gasteiger partial charge in [0, 0.05) is 23.8 Å². The van der Waals surface area contributed by atoms with Crippen LogP contribution >= 0.6 is 15.9 Å². The van der Waals surface area contributed by atoms with Crippen LogP contribution in [0.25, 0.3) is 0 Å². The lowest BCUT2D eigenvalue weighted by molar-refractivity contribution is -0.121. The number of hydrogen-bond donors (Lipinski definition) is 2. The molecule has 0 fully saturated rings. The molecule has 0 aliphatic rings. The number of anilines is 1. The molecule has 3 N–H and O–H groups in total. The summed E-state index contributed by atoms with van der Waals surface area (Å²) in [6, 6.07) is 4.99. The van der Waals surface area contributed by atoms with Crippen molar-refractivity contribution < 1.29 is 9.59 Å². The van der Waals surface area contributed by atoms with Gasteiger partial charge in [0.1, 0.15) is 0 Å². The maximum Gasteiger partial charge on any atom is 0.255 e. The van der Waals surface area contributed by atoms with Gasteiger partial charge >= 0.3 is 0 Å². The number of nitrogens with zero attached hydrogens (tertiary/aromatic N) is 1. The number of nitrogens with two attached hydrogens (primary N) is 1. The third kappa shape index (κ3) is 3.73. The predicted octanol–water partition coefficient (Wildman–Crippen LogP) is 1.24. The summed E-state index contributed by atoms with van der Waals surface area (Å²) in [6.07, 6.45) is 0. The van der Waals surface area contributed by atoms with Gasteiger partial charge in [0.15, 0.2) is 0 Å². The van der Waals surface area contributed by atoms with E-state index < -0.39 is 0 Å². The zero-order valence-corrected chi connectivity index (χ0v) is 12.0. The summed E-state index contributed by atoms with van der Waals surface area (Å²) < 4.78 is 0.657.